The van der Waals surface area contributed by atoms with E-state index in [9.17, 15) is 0 Å². The zero-order valence-electron chi connectivity index (χ0n) is 14.2. The summed E-state index contributed by atoms with van der Waals surface area (Å²) in [7, 11) is 0. The van der Waals surface area contributed by atoms with Crippen LogP contribution in [0, 0.1) is 5.92 Å². The Morgan fingerprint density at radius 2 is 1.90 bits per heavy atom. The maximum absolute atomic E-state index is 3.71. The standard InChI is InChI=1S/C19H32N2/c1-5-12-21-13-6-7-18(14-21)16(4)20-19-10-8-17(9-11-19)15(2)3/h8-11,15-16,18,20H,5-7,12-14H2,1-4H3. The number of benzene rings is 1. The molecule has 0 aromatic heterocycles. The normalized spacial score (nSPS) is 21.5. The third-order valence-electron chi connectivity index (χ3n) is 4.76. The molecule has 2 rings (SSSR count). The van der Waals surface area contributed by atoms with Crippen molar-refractivity contribution in [1.29, 1.82) is 0 Å². The summed E-state index contributed by atoms with van der Waals surface area (Å²) in [5, 5.41) is 3.71. The van der Waals surface area contributed by atoms with Crippen LogP contribution in [0.4, 0.5) is 5.69 Å². The molecule has 21 heavy (non-hydrogen) atoms. The number of likely N-dealkylation sites (tertiary alicyclic amines) is 1. The van der Waals surface area contributed by atoms with Crippen LogP contribution in [0.2, 0.25) is 0 Å². The Hall–Kier alpha value is -1.02. The molecule has 118 valence electrons. The van der Waals surface area contributed by atoms with Crippen molar-refractivity contribution in [3.63, 3.8) is 0 Å². The number of nitrogens with one attached hydrogen (secondary N) is 1. The van der Waals surface area contributed by atoms with Crippen molar-refractivity contribution in [2.45, 2.75) is 58.9 Å². The molecule has 2 atom stereocenters. The Kier molecular flexibility index (Phi) is 6.10. The van der Waals surface area contributed by atoms with Crippen molar-refractivity contribution in [3.05, 3.63) is 29.8 Å². The zero-order valence-corrected chi connectivity index (χ0v) is 14.2. The van der Waals surface area contributed by atoms with E-state index in [1.165, 1.54) is 50.1 Å². The van der Waals surface area contributed by atoms with Crippen molar-refractivity contribution >= 4 is 5.69 Å². The summed E-state index contributed by atoms with van der Waals surface area (Å²) < 4.78 is 0. The lowest BCUT2D eigenvalue weighted by Gasteiger charge is -2.36. The van der Waals surface area contributed by atoms with Gasteiger partial charge < -0.3 is 10.2 Å². The maximum Gasteiger partial charge on any atom is 0.0342 e. The third kappa shape index (κ3) is 4.74. The van der Waals surface area contributed by atoms with Crippen LogP contribution < -0.4 is 5.32 Å². The first-order valence-electron chi connectivity index (χ1n) is 8.69. The average molecular weight is 288 g/mol. The molecule has 1 aliphatic rings. The molecule has 0 radical (unpaired) electrons. The smallest absolute Gasteiger partial charge is 0.0342 e. The summed E-state index contributed by atoms with van der Waals surface area (Å²) in [5.74, 6) is 1.38. The van der Waals surface area contributed by atoms with Crippen molar-refractivity contribution < 1.29 is 0 Å². The van der Waals surface area contributed by atoms with E-state index in [1.807, 2.05) is 0 Å². The largest absolute Gasteiger partial charge is 0.382 e. The molecular formula is C19H32N2. The zero-order chi connectivity index (χ0) is 15.2. The lowest BCUT2D eigenvalue weighted by molar-refractivity contribution is 0.165. The molecule has 1 heterocycles. The predicted octanol–water partition coefficient (Wildman–Crippen LogP) is 4.73. The minimum atomic E-state index is 0.551. The first-order valence-corrected chi connectivity index (χ1v) is 8.69. The van der Waals surface area contributed by atoms with Crippen molar-refractivity contribution in [2.24, 2.45) is 5.92 Å². The van der Waals surface area contributed by atoms with Gasteiger partial charge in [0.1, 0.15) is 0 Å². The summed E-state index contributed by atoms with van der Waals surface area (Å²) >= 11 is 0. The maximum atomic E-state index is 3.71. The Labute approximate surface area is 130 Å². The predicted molar refractivity (Wildman–Crippen MR) is 93.1 cm³/mol. The second-order valence-electron chi connectivity index (χ2n) is 6.91. The van der Waals surface area contributed by atoms with E-state index in [-0.39, 0.29) is 0 Å². The van der Waals surface area contributed by atoms with Crippen molar-refractivity contribution in [1.82, 2.24) is 4.90 Å². The molecule has 2 nitrogen and oxygen atoms in total. The lowest BCUT2D eigenvalue weighted by Crippen LogP contribution is -2.42. The van der Waals surface area contributed by atoms with E-state index in [2.05, 4.69) is 62.2 Å². The number of hydrogen-bond donors (Lipinski definition) is 1. The Morgan fingerprint density at radius 1 is 1.19 bits per heavy atom. The number of rotatable bonds is 6. The Balaban J connectivity index is 1.89. The van der Waals surface area contributed by atoms with Gasteiger partial charge >= 0.3 is 0 Å². The fraction of sp³-hybridized carbons (Fsp3) is 0.684. The monoisotopic (exact) mass is 288 g/mol. The number of hydrogen-bond acceptors (Lipinski definition) is 2. The molecule has 0 saturated carbocycles. The topological polar surface area (TPSA) is 15.3 Å². The van der Waals surface area contributed by atoms with Crippen LogP contribution in [-0.4, -0.2) is 30.6 Å². The van der Waals surface area contributed by atoms with Crippen molar-refractivity contribution in [3.8, 4) is 0 Å². The second-order valence-corrected chi connectivity index (χ2v) is 6.91. The minimum absolute atomic E-state index is 0.551. The Morgan fingerprint density at radius 3 is 2.52 bits per heavy atom. The second kappa shape index (κ2) is 7.84. The van der Waals surface area contributed by atoms with Gasteiger partial charge in [-0.15, -0.1) is 0 Å². The Bertz CT molecular complexity index is 408. The summed E-state index contributed by atoms with van der Waals surface area (Å²) in [6.07, 6.45) is 3.98. The van der Waals surface area contributed by atoms with E-state index in [0.717, 1.165) is 5.92 Å². The van der Waals surface area contributed by atoms with Gasteiger partial charge in [0.2, 0.25) is 0 Å². The van der Waals surface area contributed by atoms with Gasteiger partial charge in [-0.3, -0.25) is 0 Å². The summed E-state index contributed by atoms with van der Waals surface area (Å²) in [6, 6.07) is 9.53. The fourth-order valence-electron chi connectivity index (χ4n) is 3.36. The van der Waals surface area contributed by atoms with E-state index in [1.54, 1.807) is 0 Å². The molecule has 0 amide bonds. The van der Waals surface area contributed by atoms with Gasteiger partial charge in [-0.25, -0.2) is 0 Å². The van der Waals surface area contributed by atoms with E-state index < -0.39 is 0 Å². The number of nitrogens with zero attached hydrogens (tertiary/aromatic N) is 1. The van der Waals surface area contributed by atoms with Gasteiger partial charge in [0.25, 0.3) is 0 Å². The van der Waals surface area contributed by atoms with Gasteiger partial charge in [0.05, 0.1) is 0 Å². The van der Waals surface area contributed by atoms with E-state index >= 15 is 0 Å². The van der Waals surface area contributed by atoms with E-state index in [0.29, 0.717) is 12.0 Å². The van der Waals surface area contributed by atoms with Crippen LogP contribution in [0.1, 0.15) is 58.4 Å². The molecule has 1 aliphatic heterocycles. The highest BCUT2D eigenvalue weighted by atomic mass is 15.1. The number of piperidine rings is 1. The van der Waals surface area contributed by atoms with Gasteiger partial charge in [0.15, 0.2) is 0 Å². The van der Waals surface area contributed by atoms with Gasteiger partial charge in [-0.2, -0.15) is 0 Å². The molecule has 2 unspecified atom stereocenters. The average Bonchev–Trinajstić information content (AvgIpc) is 2.48. The first kappa shape index (κ1) is 16.4. The molecule has 0 bridgehead atoms. The minimum Gasteiger partial charge on any atom is -0.382 e. The molecule has 1 aromatic carbocycles. The van der Waals surface area contributed by atoms with Crippen LogP contribution in [0.5, 0.6) is 0 Å². The molecule has 0 spiro atoms. The van der Waals surface area contributed by atoms with Crippen LogP contribution in [0.3, 0.4) is 0 Å². The molecule has 1 fully saturated rings. The molecule has 1 saturated heterocycles. The highest BCUT2D eigenvalue weighted by Crippen LogP contribution is 2.23. The fourth-order valence-corrected chi connectivity index (χ4v) is 3.36. The molecule has 2 heteroatoms. The van der Waals surface area contributed by atoms with Gasteiger partial charge in [-0.05, 0) is 68.8 Å². The summed E-state index contributed by atoms with van der Waals surface area (Å²) in [4.78, 5) is 2.63. The van der Waals surface area contributed by atoms with Crippen LogP contribution in [-0.2, 0) is 0 Å². The first-order chi connectivity index (χ1) is 10.1. The molecule has 1 N–H and O–H groups in total. The summed E-state index contributed by atoms with van der Waals surface area (Å²) in [6.45, 7) is 12.9. The highest BCUT2D eigenvalue weighted by molar-refractivity contribution is 5.46. The summed E-state index contributed by atoms with van der Waals surface area (Å²) in [5.41, 5.74) is 2.68. The third-order valence-corrected chi connectivity index (χ3v) is 4.76. The molecule has 1 aromatic rings. The highest BCUT2D eigenvalue weighted by Gasteiger charge is 2.24. The number of anilines is 1. The van der Waals surface area contributed by atoms with E-state index in [4.69, 9.17) is 0 Å². The van der Waals surface area contributed by atoms with Gasteiger partial charge in [-0.1, -0.05) is 32.9 Å². The van der Waals surface area contributed by atoms with Crippen LogP contribution >= 0.6 is 0 Å². The van der Waals surface area contributed by atoms with Crippen molar-refractivity contribution in [2.75, 3.05) is 25.0 Å². The van der Waals surface area contributed by atoms with Crippen LogP contribution in [0.15, 0.2) is 24.3 Å². The lowest BCUT2D eigenvalue weighted by atomic mass is 9.91. The molecule has 0 aliphatic carbocycles. The SMILES string of the molecule is CCCN1CCCC(C(C)Nc2ccc(C(C)C)cc2)C1. The van der Waals surface area contributed by atoms with Crippen LogP contribution in [0.25, 0.3) is 0 Å². The van der Waals surface area contributed by atoms with Gasteiger partial charge in [0, 0.05) is 18.3 Å². The molecular weight excluding hydrogens is 256 g/mol. The quantitative estimate of drug-likeness (QED) is 0.814.